The molecule has 1 unspecified atom stereocenters. The fraction of sp³-hybridized carbons (Fsp3) is 0.167. The van der Waals surface area contributed by atoms with Gasteiger partial charge in [-0.3, -0.25) is 4.79 Å². The molecule has 6 heteroatoms. The standard InChI is InChI=1S/C18H17ClN4O/c1-11-14(19)7-5-9-15(11)23-18(24)12(2)22-17-13-6-3-4-8-16(13)20-10-21-17/h3-10,12H,1-2H3,(H,23,24)(H,20,21,22). The number of carbonyl (C=O) groups excluding carboxylic acids is 1. The Bertz CT molecular complexity index is 892. The van der Waals surface area contributed by atoms with Gasteiger partial charge in [0.05, 0.1) is 5.52 Å². The van der Waals surface area contributed by atoms with E-state index in [1.807, 2.05) is 37.3 Å². The highest BCUT2D eigenvalue weighted by atomic mass is 35.5. The first-order chi connectivity index (χ1) is 11.6. The van der Waals surface area contributed by atoms with Gasteiger partial charge in [0.1, 0.15) is 18.2 Å². The van der Waals surface area contributed by atoms with Crippen LogP contribution in [0, 0.1) is 6.92 Å². The van der Waals surface area contributed by atoms with E-state index in [-0.39, 0.29) is 5.91 Å². The summed E-state index contributed by atoms with van der Waals surface area (Å²) in [5, 5.41) is 7.53. The molecular formula is C18H17ClN4O. The number of anilines is 2. The average molecular weight is 341 g/mol. The first-order valence-corrected chi connectivity index (χ1v) is 7.96. The lowest BCUT2D eigenvalue weighted by molar-refractivity contribution is -0.116. The van der Waals surface area contributed by atoms with Crippen LogP contribution in [0.1, 0.15) is 12.5 Å². The number of rotatable bonds is 4. The summed E-state index contributed by atoms with van der Waals surface area (Å²) < 4.78 is 0. The number of hydrogen-bond donors (Lipinski definition) is 2. The third kappa shape index (κ3) is 3.31. The van der Waals surface area contributed by atoms with Crippen molar-refractivity contribution in [2.45, 2.75) is 19.9 Å². The summed E-state index contributed by atoms with van der Waals surface area (Å²) >= 11 is 6.09. The predicted octanol–water partition coefficient (Wildman–Crippen LogP) is 4.03. The normalized spacial score (nSPS) is 12.0. The number of halogens is 1. The molecule has 0 aliphatic rings. The van der Waals surface area contributed by atoms with Gasteiger partial charge in [0.2, 0.25) is 5.91 Å². The molecule has 1 heterocycles. The lowest BCUT2D eigenvalue weighted by Crippen LogP contribution is -2.32. The molecule has 5 nitrogen and oxygen atoms in total. The number of nitrogens with one attached hydrogen (secondary N) is 2. The largest absolute Gasteiger partial charge is 0.358 e. The van der Waals surface area contributed by atoms with Crippen LogP contribution in [-0.4, -0.2) is 21.9 Å². The van der Waals surface area contributed by atoms with Crippen LogP contribution in [0.5, 0.6) is 0 Å². The SMILES string of the molecule is Cc1c(Cl)cccc1NC(=O)C(C)Nc1ncnc2ccccc12. The Morgan fingerprint density at radius 1 is 1.12 bits per heavy atom. The van der Waals surface area contributed by atoms with Crippen LogP contribution in [0.4, 0.5) is 11.5 Å². The van der Waals surface area contributed by atoms with Gasteiger partial charge in [0.25, 0.3) is 0 Å². The molecule has 1 atom stereocenters. The Balaban J connectivity index is 1.77. The van der Waals surface area contributed by atoms with Gasteiger partial charge in [0, 0.05) is 16.1 Å². The van der Waals surface area contributed by atoms with Gasteiger partial charge in [-0.15, -0.1) is 0 Å². The van der Waals surface area contributed by atoms with Crippen molar-refractivity contribution in [2.75, 3.05) is 10.6 Å². The third-order valence-electron chi connectivity index (χ3n) is 3.81. The molecule has 2 N–H and O–H groups in total. The number of hydrogen-bond acceptors (Lipinski definition) is 4. The molecular weight excluding hydrogens is 324 g/mol. The molecule has 0 saturated heterocycles. The van der Waals surface area contributed by atoms with Crippen molar-refractivity contribution in [2.24, 2.45) is 0 Å². The van der Waals surface area contributed by atoms with Gasteiger partial charge >= 0.3 is 0 Å². The average Bonchev–Trinajstić information content (AvgIpc) is 2.59. The van der Waals surface area contributed by atoms with Crippen LogP contribution >= 0.6 is 11.6 Å². The minimum absolute atomic E-state index is 0.164. The highest BCUT2D eigenvalue weighted by molar-refractivity contribution is 6.31. The van der Waals surface area contributed by atoms with Crippen LogP contribution in [0.2, 0.25) is 5.02 Å². The summed E-state index contributed by atoms with van der Waals surface area (Å²) in [5.41, 5.74) is 2.37. The third-order valence-corrected chi connectivity index (χ3v) is 4.22. The van der Waals surface area contributed by atoms with Crippen LogP contribution in [0.3, 0.4) is 0 Å². The second-order valence-corrected chi connectivity index (χ2v) is 5.91. The lowest BCUT2D eigenvalue weighted by Gasteiger charge is -2.17. The number of aromatic nitrogens is 2. The summed E-state index contributed by atoms with van der Waals surface area (Å²) in [5.74, 6) is 0.467. The minimum atomic E-state index is -0.471. The number of carbonyl (C=O) groups is 1. The van der Waals surface area contributed by atoms with Crippen molar-refractivity contribution in [1.82, 2.24) is 9.97 Å². The lowest BCUT2D eigenvalue weighted by atomic mass is 10.2. The molecule has 0 fully saturated rings. The van der Waals surface area contributed by atoms with E-state index in [2.05, 4.69) is 20.6 Å². The molecule has 3 aromatic rings. The van der Waals surface area contributed by atoms with Crippen LogP contribution in [0.25, 0.3) is 10.9 Å². The van der Waals surface area contributed by atoms with E-state index in [9.17, 15) is 4.79 Å². The molecule has 1 aromatic heterocycles. The summed E-state index contributed by atoms with van der Waals surface area (Å²) in [7, 11) is 0. The van der Waals surface area contributed by atoms with E-state index < -0.39 is 6.04 Å². The molecule has 0 aliphatic heterocycles. The molecule has 0 saturated carbocycles. The number of benzene rings is 2. The van der Waals surface area contributed by atoms with Crippen molar-refractivity contribution in [3.05, 3.63) is 59.4 Å². The molecule has 3 rings (SSSR count). The van der Waals surface area contributed by atoms with Crippen molar-refractivity contribution >= 4 is 39.9 Å². The maximum atomic E-state index is 12.5. The van der Waals surface area contributed by atoms with E-state index >= 15 is 0 Å². The monoisotopic (exact) mass is 340 g/mol. The molecule has 2 aromatic carbocycles. The van der Waals surface area contributed by atoms with Gasteiger partial charge < -0.3 is 10.6 Å². The maximum Gasteiger partial charge on any atom is 0.246 e. The first kappa shape index (κ1) is 16.2. The summed E-state index contributed by atoms with van der Waals surface area (Å²) in [6.45, 7) is 3.65. The Morgan fingerprint density at radius 2 is 1.92 bits per heavy atom. The number of fused-ring (bicyclic) bond motifs is 1. The topological polar surface area (TPSA) is 66.9 Å². The van der Waals surface area contributed by atoms with Gasteiger partial charge in [-0.25, -0.2) is 9.97 Å². The van der Waals surface area contributed by atoms with Crippen LogP contribution in [0.15, 0.2) is 48.8 Å². The van der Waals surface area contributed by atoms with E-state index in [0.717, 1.165) is 16.5 Å². The zero-order valence-electron chi connectivity index (χ0n) is 13.4. The van der Waals surface area contributed by atoms with E-state index in [1.54, 1.807) is 19.1 Å². The van der Waals surface area contributed by atoms with Crippen molar-refractivity contribution in [3.63, 3.8) is 0 Å². The summed E-state index contributed by atoms with van der Waals surface area (Å²) in [6.07, 6.45) is 1.48. The zero-order chi connectivity index (χ0) is 17.1. The Kier molecular flexibility index (Phi) is 4.62. The van der Waals surface area contributed by atoms with E-state index in [0.29, 0.717) is 16.5 Å². The molecule has 0 bridgehead atoms. The van der Waals surface area contributed by atoms with Gasteiger partial charge in [-0.2, -0.15) is 0 Å². The first-order valence-electron chi connectivity index (χ1n) is 7.58. The second kappa shape index (κ2) is 6.84. The fourth-order valence-corrected chi connectivity index (χ4v) is 2.55. The van der Waals surface area contributed by atoms with E-state index in [4.69, 9.17) is 11.6 Å². The van der Waals surface area contributed by atoms with Crippen molar-refractivity contribution < 1.29 is 4.79 Å². The van der Waals surface area contributed by atoms with Gasteiger partial charge in [-0.05, 0) is 43.7 Å². The molecule has 1 amide bonds. The zero-order valence-corrected chi connectivity index (χ0v) is 14.1. The number of nitrogens with zero attached hydrogens (tertiary/aromatic N) is 2. The number of amides is 1. The quantitative estimate of drug-likeness (QED) is 0.752. The molecule has 0 spiro atoms. The van der Waals surface area contributed by atoms with Gasteiger partial charge in [-0.1, -0.05) is 29.8 Å². The summed E-state index contributed by atoms with van der Waals surface area (Å²) in [6, 6.07) is 12.6. The van der Waals surface area contributed by atoms with Gasteiger partial charge in [0.15, 0.2) is 0 Å². The predicted molar refractivity (Wildman–Crippen MR) is 97.4 cm³/mol. The second-order valence-electron chi connectivity index (χ2n) is 5.51. The molecule has 24 heavy (non-hydrogen) atoms. The minimum Gasteiger partial charge on any atom is -0.358 e. The van der Waals surface area contributed by atoms with Crippen LogP contribution < -0.4 is 10.6 Å². The maximum absolute atomic E-state index is 12.5. The Morgan fingerprint density at radius 3 is 2.75 bits per heavy atom. The highest BCUT2D eigenvalue weighted by Crippen LogP contribution is 2.23. The smallest absolute Gasteiger partial charge is 0.246 e. The van der Waals surface area contributed by atoms with Crippen molar-refractivity contribution in [1.29, 1.82) is 0 Å². The van der Waals surface area contributed by atoms with Crippen molar-refractivity contribution in [3.8, 4) is 0 Å². The van der Waals surface area contributed by atoms with Crippen LogP contribution in [-0.2, 0) is 4.79 Å². The highest BCUT2D eigenvalue weighted by Gasteiger charge is 2.16. The van der Waals surface area contributed by atoms with E-state index in [1.165, 1.54) is 6.33 Å². The molecule has 0 radical (unpaired) electrons. The molecule has 122 valence electrons. The Labute approximate surface area is 145 Å². The number of para-hydroxylation sites is 1. The molecule has 0 aliphatic carbocycles. The Hall–Kier alpha value is -2.66. The fourth-order valence-electron chi connectivity index (χ4n) is 2.37. The summed E-state index contributed by atoms with van der Waals surface area (Å²) in [4.78, 5) is 20.9.